The van der Waals surface area contributed by atoms with Gasteiger partial charge >= 0.3 is 0 Å². The Morgan fingerprint density at radius 2 is 2.00 bits per heavy atom. The number of carbonyl (C=O) groups is 2. The second-order valence-corrected chi connectivity index (χ2v) is 8.07. The van der Waals surface area contributed by atoms with Crippen molar-refractivity contribution in [3.8, 4) is 5.75 Å². The summed E-state index contributed by atoms with van der Waals surface area (Å²) in [6.45, 7) is 3.96. The van der Waals surface area contributed by atoms with E-state index in [2.05, 4.69) is 12.2 Å². The molecule has 3 rings (SSSR count). The number of hydrogen-bond acceptors (Lipinski definition) is 3. The number of halogens is 1. The molecule has 0 bridgehead atoms. The van der Waals surface area contributed by atoms with E-state index in [1.54, 1.807) is 24.3 Å². The van der Waals surface area contributed by atoms with Crippen LogP contribution in [0.25, 0.3) is 0 Å². The molecule has 2 amide bonds. The number of carbonyl (C=O) groups excluding carboxylic acids is 2. The molecule has 1 unspecified atom stereocenters. The van der Waals surface area contributed by atoms with Crippen molar-refractivity contribution in [3.63, 3.8) is 0 Å². The van der Waals surface area contributed by atoms with Gasteiger partial charge in [0.15, 0.2) is 0 Å². The molecule has 1 heterocycles. The van der Waals surface area contributed by atoms with E-state index in [1.165, 1.54) is 0 Å². The summed E-state index contributed by atoms with van der Waals surface area (Å²) in [5.74, 6) is 0.469. The second kappa shape index (κ2) is 11.0. The zero-order valence-electron chi connectivity index (χ0n) is 17.4. The average molecular weight is 429 g/mol. The summed E-state index contributed by atoms with van der Waals surface area (Å²) in [7, 11) is 0. The second-order valence-electron chi connectivity index (χ2n) is 7.64. The smallest absolute Gasteiger partial charge is 0.251 e. The first-order valence-electron chi connectivity index (χ1n) is 10.6. The van der Waals surface area contributed by atoms with Gasteiger partial charge in [0.05, 0.1) is 6.61 Å². The van der Waals surface area contributed by atoms with Crippen molar-refractivity contribution in [1.29, 1.82) is 0 Å². The van der Waals surface area contributed by atoms with Crippen LogP contribution in [0.15, 0.2) is 48.5 Å². The first-order chi connectivity index (χ1) is 14.6. The van der Waals surface area contributed by atoms with Gasteiger partial charge in [-0.3, -0.25) is 9.59 Å². The lowest BCUT2D eigenvalue weighted by Gasteiger charge is -2.25. The normalized spacial score (nSPS) is 16.8. The average Bonchev–Trinajstić information content (AvgIpc) is 2.91. The SMILES string of the molecule is CCCCOc1ccc(C(=O)NC2CCCCN(Cc3cccc(Cl)c3)C2=O)cc1. The van der Waals surface area contributed by atoms with Crippen LogP contribution < -0.4 is 10.1 Å². The zero-order chi connectivity index (χ0) is 21.3. The molecule has 0 saturated carbocycles. The van der Waals surface area contributed by atoms with Crippen LogP contribution in [0, 0.1) is 0 Å². The molecule has 1 aliphatic rings. The van der Waals surface area contributed by atoms with Crippen LogP contribution in [-0.2, 0) is 11.3 Å². The van der Waals surface area contributed by atoms with Gasteiger partial charge in [-0.15, -0.1) is 0 Å². The Morgan fingerprint density at radius 3 is 2.73 bits per heavy atom. The molecule has 0 spiro atoms. The first kappa shape index (κ1) is 22.2. The maximum absolute atomic E-state index is 13.1. The van der Waals surface area contributed by atoms with Crippen LogP contribution in [0.3, 0.4) is 0 Å². The third-order valence-corrected chi connectivity index (χ3v) is 5.47. The largest absolute Gasteiger partial charge is 0.494 e. The maximum Gasteiger partial charge on any atom is 0.251 e. The van der Waals surface area contributed by atoms with E-state index in [9.17, 15) is 9.59 Å². The Morgan fingerprint density at radius 1 is 1.20 bits per heavy atom. The Balaban J connectivity index is 1.61. The quantitative estimate of drug-likeness (QED) is 0.612. The lowest BCUT2D eigenvalue weighted by molar-refractivity contribution is -0.133. The van der Waals surface area contributed by atoms with Crippen LogP contribution in [0.2, 0.25) is 5.02 Å². The molecule has 1 saturated heterocycles. The number of hydrogen-bond donors (Lipinski definition) is 1. The van der Waals surface area contributed by atoms with Gasteiger partial charge in [0.2, 0.25) is 5.91 Å². The highest BCUT2D eigenvalue weighted by atomic mass is 35.5. The molecular formula is C24H29ClN2O3. The van der Waals surface area contributed by atoms with Crippen molar-refractivity contribution in [1.82, 2.24) is 10.2 Å². The van der Waals surface area contributed by atoms with Crippen molar-refractivity contribution in [2.75, 3.05) is 13.2 Å². The van der Waals surface area contributed by atoms with Gasteiger partial charge < -0.3 is 15.0 Å². The third kappa shape index (κ3) is 6.23. The summed E-state index contributed by atoms with van der Waals surface area (Å²) in [5.41, 5.74) is 1.51. The lowest BCUT2D eigenvalue weighted by atomic mass is 10.1. The topological polar surface area (TPSA) is 58.6 Å². The molecular weight excluding hydrogens is 400 g/mol. The van der Waals surface area contributed by atoms with E-state index in [4.69, 9.17) is 16.3 Å². The number of rotatable bonds is 8. The molecule has 5 nitrogen and oxygen atoms in total. The Hall–Kier alpha value is -2.53. The molecule has 1 aliphatic heterocycles. The highest BCUT2D eigenvalue weighted by Crippen LogP contribution is 2.19. The van der Waals surface area contributed by atoms with Crippen molar-refractivity contribution < 1.29 is 14.3 Å². The fourth-order valence-electron chi connectivity index (χ4n) is 3.53. The summed E-state index contributed by atoms with van der Waals surface area (Å²) < 4.78 is 5.64. The molecule has 0 aromatic heterocycles. The highest BCUT2D eigenvalue weighted by molar-refractivity contribution is 6.30. The Labute approximate surface area is 183 Å². The van der Waals surface area contributed by atoms with Gasteiger partial charge in [-0.25, -0.2) is 0 Å². The number of amides is 2. The molecule has 1 fully saturated rings. The number of likely N-dealkylation sites (tertiary alicyclic amines) is 1. The van der Waals surface area contributed by atoms with Crippen molar-refractivity contribution in [3.05, 3.63) is 64.7 Å². The summed E-state index contributed by atoms with van der Waals surface area (Å²) in [6.07, 6.45) is 4.53. The van der Waals surface area contributed by atoms with Gasteiger partial charge in [-0.1, -0.05) is 37.1 Å². The molecule has 0 radical (unpaired) electrons. The third-order valence-electron chi connectivity index (χ3n) is 5.23. The Kier molecular flexibility index (Phi) is 8.14. The summed E-state index contributed by atoms with van der Waals surface area (Å²) in [6, 6.07) is 14.1. The van der Waals surface area contributed by atoms with Crippen molar-refractivity contribution in [2.24, 2.45) is 0 Å². The molecule has 6 heteroatoms. The molecule has 1 N–H and O–H groups in total. The van der Waals surface area contributed by atoms with Crippen LogP contribution in [0.4, 0.5) is 0 Å². The summed E-state index contributed by atoms with van der Waals surface area (Å²) in [4.78, 5) is 27.6. The Bertz CT molecular complexity index is 854. The molecule has 160 valence electrons. The van der Waals surface area contributed by atoms with Crippen LogP contribution in [-0.4, -0.2) is 35.9 Å². The molecule has 30 heavy (non-hydrogen) atoms. The fourth-order valence-corrected chi connectivity index (χ4v) is 3.74. The molecule has 2 aromatic carbocycles. The lowest BCUT2D eigenvalue weighted by Crippen LogP contribution is -2.47. The fraction of sp³-hybridized carbons (Fsp3) is 0.417. The summed E-state index contributed by atoms with van der Waals surface area (Å²) in [5, 5.41) is 3.58. The van der Waals surface area contributed by atoms with Gasteiger partial charge in [-0.2, -0.15) is 0 Å². The standard InChI is InChI=1S/C24H29ClN2O3/c1-2-3-15-30-21-12-10-19(11-13-21)23(28)26-22-9-4-5-14-27(24(22)29)17-18-7-6-8-20(25)16-18/h6-8,10-13,16,22H,2-5,9,14-15,17H2,1H3,(H,26,28). The number of unbranched alkanes of at least 4 members (excludes halogenated alkanes) is 1. The summed E-state index contributed by atoms with van der Waals surface area (Å²) >= 11 is 6.07. The molecule has 1 atom stereocenters. The van der Waals surface area contributed by atoms with E-state index in [0.29, 0.717) is 36.7 Å². The molecule has 0 aliphatic carbocycles. The van der Waals surface area contributed by atoms with Crippen molar-refractivity contribution in [2.45, 2.75) is 51.6 Å². The van der Waals surface area contributed by atoms with Crippen LogP contribution in [0.1, 0.15) is 54.9 Å². The number of ether oxygens (including phenoxy) is 1. The monoisotopic (exact) mass is 428 g/mol. The van der Waals surface area contributed by atoms with Gasteiger partial charge in [0, 0.05) is 23.7 Å². The van der Waals surface area contributed by atoms with Crippen LogP contribution >= 0.6 is 11.6 Å². The first-order valence-corrected chi connectivity index (χ1v) is 11.0. The minimum atomic E-state index is -0.514. The van der Waals surface area contributed by atoms with Gasteiger partial charge in [0.25, 0.3) is 5.91 Å². The minimum absolute atomic E-state index is 0.0413. The number of nitrogens with one attached hydrogen (secondary N) is 1. The predicted octanol–water partition coefficient (Wildman–Crippen LogP) is 4.83. The molecule has 2 aromatic rings. The number of benzene rings is 2. The predicted molar refractivity (Wildman–Crippen MR) is 119 cm³/mol. The van der Waals surface area contributed by atoms with E-state index in [1.807, 2.05) is 29.2 Å². The zero-order valence-corrected chi connectivity index (χ0v) is 18.2. The van der Waals surface area contributed by atoms with Crippen LogP contribution in [0.5, 0.6) is 5.75 Å². The van der Waals surface area contributed by atoms with E-state index < -0.39 is 6.04 Å². The van der Waals surface area contributed by atoms with E-state index >= 15 is 0 Å². The van der Waals surface area contributed by atoms with Gasteiger partial charge in [0.1, 0.15) is 11.8 Å². The van der Waals surface area contributed by atoms with Crippen molar-refractivity contribution >= 4 is 23.4 Å². The van der Waals surface area contributed by atoms with E-state index in [-0.39, 0.29) is 11.8 Å². The minimum Gasteiger partial charge on any atom is -0.494 e. The number of nitrogens with zero attached hydrogens (tertiary/aromatic N) is 1. The van der Waals surface area contributed by atoms with E-state index in [0.717, 1.165) is 37.0 Å². The van der Waals surface area contributed by atoms with Gasteiger partial charge in [-0.05, 0) is 67.6 Å². The highest BCUT2D eigenvalue weighted by Gasteiger charge is 2.28. The maximum atomic E-state index is 13.1.